The van der Waals surface area contributed by atoms with Crippen LogP contribution in [0.15, 0.2) is 0 Å². The zero-order chi connectivity index (χ0) is 6.08. The molecular formula is C2ClF3O2-2. The van der Waals surface area contributed by atoms with Crippen LogP contribution in [0.5, 0.6) is 0 Å². The molecule has 8 heavy (non-hydrogen) atoms. The SMILES string of the molecule is O=C([O-])C(F)(F)F.[Cl-]. The maximum Gasteiger partial charge on any atom is 0.430 e. The fourth-order valence-electron chi connectivity index (χ4n) is 0. The summed E-state index contributed by atoms with van der Waals surface area (Å²) in [5.41, 5.74) is 0. The maximum absolute atomic E-state index is 10.5. The first kappa shape index (κ1) is 10.5. The standard InChI is InChI=1S/C2HF3O2.ClH/c3-2(4,5)1(6)7;/h(H,6,7);1H/p-2. The van der Waals surface area contributed by atoms with E-state index in [1.807, 2.05) is 0 Å². The van der Waals surface area contributed by atoms with E-state index in [0.717, 1.165) is 0 Å². The Balaban J connectivity index is 0. The van der Waals surface area contributed by atoms with Crippen molar-refractivity contribution in [1.82, 2.24) is 0 Å². The molecule has 0 fully saturated rings. The molecular weight excluding hydrogens is 148 g/mol. The van der Waals surface area contributed by atoms with Crippen LogP contribution in [0.2, 0.25) is 0 Å². The number of carbonyl (C=O) groups is 1. The molecule has 0 heterocycles. The lowest BCUT2D eigenvalue weighted by molar-refractivity contribution is -0.344. The minimum absolute atomic E-state index is 0. The van der Waals surface area contributed by atoms with Gasteiger partial charge in [0.1, 0.15) is 5.97 Å². The minimum atomic E-state index is -5.19. The Hall–Kier alpha value is -0.450. The van der Waals surface area contributed by atoms with Gasteiger partial charge in [-0.1, -0.05) is 0 Å². The molecule has 0 unspecified atom stereocenters. The Morgan fingerprint density at radius 2 is 1.50 bits per heavy atom. The molecule has 0 aromatic heterocycles. The number of hydrogen-bond acceptors (Lipinski definition) is 2. The highest BCUT2D eigenvalue weighted by molar-refractivity contribution is 5.70. The number of aliphatic carboxylic acids is 1. The van der Waals surface area contributed by atoms with Gasteiger partial charge >= 0.3 is 6.18 Å². The van der Waals surface area contributed by atoms with Crippen LogP contribution in [-0.4, -0.2) is 12.1 Å². The summed E-state index contributed by atoms with van der Waals surface area (Å²) in [6.45, 7) is 0. The molecule has 0 bridgehead atoms. The summed E-state index contributed by atoms with van der Waals surface area (Å²) in [5.74, 6) is -3.01. The van der Waals surface area contributed by atoms with E-state index in [9.17, 15) is 13.2 Å². The van der Waals surface area contributed by atoms with E-state index in [-0.39, 0.29) is 12.4 Å². The van der Waals surface area contributed by atoms with Crippen molar-refractivity contribution in [3.8, 4) is 0 Å². The molecule has 2 nitrogen and oxygen atoms in total. The monoisotopic (exact) mass is 148 g/mol. The molecule has 50 valence electrons. The second-order valence-corrected chi connectivity index (χ2v) is 0.785. The van der Waals surface area contributed by atoms with Gasteiger partial charge in [-0.3, -0.25) is 0 Å². The van der Waals surface area contributed by atoms with E-state index >= 15 is 0 Å². The van der Waals surface area contributed by atoms with Crippen molar-refractivity contribution >= 4 is 5.97 Å². The molecule has 0 amide bonds. The first-order valence-corrected chi connectivity index (χ1v) is 1.23. The van der Waals surface area contributed by atoms with Gasteiger partial charge in [0, 0.05) is 0 Å². The van der Waals surface area contributed by atoms with Crippen molar-refractivity contribution in [3.05, 3.63) is 0 Å². The average Bonchev–Trinajstić information content (AvgIpc) is 1.31. The van der Waals surface area contributed by atoms with Gasteiger partial charge < -0.3 is 22.3 Å². The Morgan fingerprint density at radius 3 is 1.50 bits per heavy atom. The molecule has 0 saturated heterocycles. The summed E-state index contributed by atoms with van der Waals surface area (Å²) >= 11 is 0. The molecule has 0 atom stereocenters. The van der Waals surface area contributed by atoms with Gasteiger partial charge in [-0.2, -0.15) is 13.2 Å². The first-order chi connectivity index (χ1) is 2.94. The van der Waals surface area contributed by atoms with Gasteiger partial charge in [0.15, 0.2) is 0 Å². The molecule has 6 heteroatoms. The molecule has 0 saturated carbocycles. The second kappa shape index (κ2) is 2.76. The second-order valence-electron chi connectivity index (χ2n) is 0.785. The van der Waals surface area contributed by atoms with Crippen LogP contribution >= 0.6 is 0 Å². The highest BCUT2D eigenvalue weighted by Crippen LogP contribution is 2.11. The lowest BCUT2D eigenvalue weighted by Gasteiger charge is -2.03. The molecule has 0 aliphatic carbocycles. The Bertz CT molecular complexity index is 87.8. The molecule has 0 N–H and O–H groups in total. The van der Waals surface area contributed by atoms with Crippen LogP contribution in [0.4, 0.5) is 13.2 Å². The number of halogens is 4. The van der Waals surface area contributed by atoms with Crippen LogP contribution in [0.3, 0.4) is 0 Å². The van der Waals surface area contributed by atoms with Gasteiger partial charge in [0.05, 0.1) is 0 Å². The number of rotatable bonds is 0. The number of carboxylic acid groups (broad SMARTS) is 1. The largest absolute Gasteiger partial charge is 1.00 e. The van der Waals surface area contributed by atoms with Crippen molar-refractivity contribution in [2.45, 2.75) is 6.18 Å². The number of carboxylic acids is 1. The fourth-order valence-corrected chi connectivity index (χ4v) is 0. The van der Waals surface area contributed by atoms with E-state index < -0.39 is 12.1 Å². The van der Waals surface area contributed by atoms with Crippen LogP contribution in [0, 0.1) is 0 Å². The number of carbonyl (C=O) groups excluding carboxylic acids is 1. The van der Waals surface area contributed by atoms with Gasteiger partial charge in [-0.25, -0.2) is 0 Å². The van der Waals surface area contributed by atoms with E-state index in [4.69, 9.17) is 9.90 Å². The third-order valence-electron chi connectivity index (χ3n) is 0.231. The van der Waals surface area contributed by atoms with Crippen LogP contribution in [0.25, 0.3) is 0 Å². The maximum atomic E-state index is 10.5. The Kier molecular flexibility index (Phi) is 3.63. The third kappa shape index (κ3) is 3.73. The van der Waals surface area contributed by atoms with E-state index in [0.29, 0.717) is 0 Å². The summed E-state index contributed by atoms with van der Waals surface area (Å²) in [4.78, 5) is 8.78. The van der Waals surface area contributed by atoms with E-state index in [1.54, 1.807) is 0 Å². The Labute approximate surface area is 48.7 Å². The topological polar surface area (TPSA) is 40.1 Å². The van der Waals surface area contributed by atoms with Gasteiger partial charge in [-0.05, 0) is 0 Å². The summed E-state index contributed by atoms with van der Waals surface area (Å²) in [5, 5.41) is 8.78. The molecule has 0 aliphatic heterocycles. The van der Waals surface area contributed by atoms with Gasteiger partial charge in [0.2, 0.25) is 0 Å². The lowest BCUT2D eigenvalue weighted by Crippen LogP contribution is -3.00. The smallest absolute Gasteiger partial charge is 0.430 e. The summed E-state index contributed by atoms with van der Waals surface area (Å²) < 4.78 is 31.5. The number of hydrogen-bond donors (Lipinski definition) is 0. The Morgan fingerprint density at radius 1 is 1.38 bits per heavy atom. The van der Waals surface area contributed by atoms with E-state index in [2.05, 4.69) is 0 Å². The molecule has 0 aromatic rings. The van der Waals surface area contributed by atoms with Crippen LogP contribution in [-0.2, 0) is 4.79 Å². The first-order valence-electron chi connectivity index (χ1n) is 1.23. The molecule has 0 aromatic carbocycles. The van der Waals surface area contributed by atoms with Crippen molar-refractivity contribution < 1.29 is 35.5 Å². The van der Waals surface area contributed by atoms with Crippen molar-refractivity contribution in [1.29, 1.82) is 0 Å². The van der Waals surface area contributed by atoms with Crippen molar-refractivity contribution in [2.75, 3.05) is 0 Å². The molecule has 0 rings (SSSR count). The molecule has 0 spiro atoms. The minimum Gasteiger partial charge on any atom is -1.00 e. The summed E-state index contributed by atoms with van der Waals surface area (Å²) in [6.07, 6.45) is -5.19. The number of alkyl halides is 3. The zero-order valence-corrected chi connectivity index (χ0v) is 4.08. The predicted molar refractivity (Wildman–Crippen MR) is 11.1 cm³/mol. The normalized spacial score (nSPS) is 9.88. The van der Waals surface area contributed by atoms with Crippen LogP contribution in [0.1, 0.15) is 0 Å². The third-order valence-corrected chi connectivity index (χ3v) is 0.231. The highest BCUT2D eigenvalue weighted by Gasteiger charge is 2.28. The fraction of sp³-hybridized carbons (Fsp3) is 0.500. The predicted octanol–water partition coefficient (Wildman–Crippen LogP) is -3.70. The average molecular weight is 148 g/mol. The lowest BCUT2D eigenvalue weighted by atomic mass is 10.7. The molecule has 0 radical (unpaired) electrons. The van der Waals surface area contributed by atoms with E-state index in [1.165, 1.54) is 0 Å². The molecule has 0 aliphatic rings. The van der Waals surface area contributed by atoms with Gasteiger partial charge in [-0.15, -0.1) is 0 Å². The van der Waals surface area contributed by atoms with Crippen molar-refractivity contribution in [3.63, 3.8) is 0 Å². The quantitative estimate of drug-likeness (QED) is 0.355. The van der Waals surface area contributed by atoms with Crippen molar-refractivity contribution in [2.24, 2.45) is 0 Å². The zero-order valence-electron chi connectivity index (χ0n) is 3.33. The summed E-state index contributed by atoms with van der Waals surface area (Å²) in [6, 6.07) is 0. The van der Waals surface area contributed by atoms with Crippen LogP contribution < -0.4 is 17.5 Å². The van der Waals surface area contributed by atoms with Gasteiger partial charge in [0.25, 0.3) is 0 Å². The highest BCUT2D eigenvalue weighted by atomic mass is 35.5. The summed E-state index contributed by atoms with van der Waals surface area (Å²) in [7, 11) is 0.